The molecule has 0 rings (SSSR count). The average Bonchev–Trinajstić information content (AvgIpc) is 2.13. The minimum absolute atomic E-state index is 0. The van der Waals surface area contributed by atoms with E-state index in [2.05, 4.69) is 19.6 Å². The summed E-state index contributed by atoms with van der Waals surface area (Å²) in [6, 6.07) is 0. The van der Waals surface area contributed by atoms with Crippen LogP contribution in [0.25, 0.3) is 0 Å². The first kappa shape index (κ1) is 49.5. The van der Waals surface area contributed by atoms with Crippen LogP contribution in [0.1, 0.15) is 26.7 Å². The summed E-state index contributed by atoms with van der Waals surface area (Å²) < 4.78 is 5.46. The van der Waals surface area contributed by atoms with Crippen molar-refractivity contribution in [1.29, 1.82) is 0 Å². The molecule has 0 aliphatic carbocycles. The summed E-state index contributed by atoms with van der Waals surface area (Å²) >= 11 is 0. The van der Waals surface area contributed by atoms with Gasteiger partial charge in [-0.1, -0.05) is 13.8 Å². The summed E-state index contributed by atoms with van der Waals surface area (Å²) in [7, 11) is -3.71. The molecule has 0 aromatic rings. The SMILES string of the molecule is CCCO.CCCO.C[Si](C)(C)O[Si](C)(C)O.O.O.O.[Ti].[V]. The molecule has 0 bridgehead atoms. The molecular formula is C11H38O7Si2TiV. The van der Waals surface area contributed by atoms with Gasteiger partial charge in [0.15, 0.2) is 8.32 Å². The van der Waals surface area contributed by atoms with Gasteiger partial charge in [-0.15, -0.1) is 0 Å². The smallest absolute Gasteiger partial charge is 0.318 e. The quantitative estimate of drug-likeness (QED) is 0.520. The van der Waals surface area contributed by atoms with Crippen LogP contribution in [0.2, 0.25) is 32.7 Å². The maximum Gasteiger partial charge on any atom is 0.318 e. The zero-order chi connectivity index (χ0) is 14.5. The van der Waals surface area contributed by atoms with Crippen molar-refractivity contribution in [3.05, 3.63) is 0 Å². The molecule has 0 spiro atoms. The van der Waals surface area contributed by atoms with E-state index in [-0.39, 0.29) is 56.7 Å². The average molecular weight is 437 g/mol. The van der Waals surface area contributed by atoms with Crippen molar-refractivity contribution in [2.75, 3.05) is 13.2 Å². The Labute approximate surface area is 164 Å². The molecule has 0 saturated heterocycles. The van der Waals surface area contributed by atoms with Gasteiger partial charge < -0.3 is 35.6 Å². The van der Waals surface area contributed by atoms with Gasteiger partial charge in [-0.2, -0.15) is 0 Å². The molecule has 9 N–H and O–H groups in total. The zero-order valence-electron chi connectivity index (χ0n) is 15.0. The standard InChI is InChI=1S/C5H16O2Si2.2C3H8O.3H2O.Ti.V/c1-8(2,3)7-9(4,5)6;2*1-2-3-4;;;;;/h6H,1-5H3;2*4H,2-3H2,1H3;3*1H2;;. The van der Waals surface area contributed by atoms with E-state index in [0.29, 0.717) is 13.2 Å². The third-order valence-electron chi connectivity index (χ3n) is 1.00. The topological polar surface area (TPSA) is 164 Å². The molecule has 22 heavy (non-hydrogen) atoms. The molecule has 0 atom stereocenters. The third-order valence-corrected chi connectivity index (χ3v) is 5.45. The van der Waals surface area contributed by atoms with Crippen LogP contribution in [0.4, 0.5) is 0 Å². The number of aliphatic hydroxyl groups excluding tert-OH is 2. The predicted octanol–water partition coefficient (Wildman–Crippen LogP) is -0.170. The molecule has 1 radical (unpaired) electrons. The largest absolute Gasteiger partial charge is 0.436 e. The Kier molecular flexibility index (Phi) is 68.3. The first-order chi connectivity index (χ1) is 7.54. The summed E-state index contributed by atoms with van der Waals surface area (Å²) in [5, 5.41) is 15.8. The van der Waals surface area contributed by atoms with Crippen LogP contribution in [0.15, 0.2) is 0 Å². The van der Waals surface area contributed by atoms with E-state index in [1.54, 1.807) is 13.1 Å². The van der Waals surface area contributed by atoms with Crippen LogP contribution >= 0.6 is 0 Å². The summed E-state index contributed by atoms with van der Waals surface area (Å²) in [5.41, 5.74) is 0. The van der Waals surface area contributed by atoms with E-state index in [9.17, 15) is 4.80 Å². The molecule has 0 heterocycles. The molecule has 0 amide bonds. The number of hydrogen-bond donors (Lipinski definition) is 3. The van der Waals surface area contributed by atoms with Crippen molar-refractivity contribution >= 4 is 16.9 Å². The Morgan fingerprint density at radius 1 is 0.773 bits per heavy atom. The molecule has 0 aromatic carbocycles. The van der Waals surface area contributed by atoms with Crippen LogP contribution in [0, 0.1) is 0 Å². The second kappa shape index (κ2) is 30.3. The van der Waals surface area contributed by atoms with Crippen molar-refractivity contribution in [3.8, 4) is 0 Å². The van der Waals surface area contributed by atoms with E-state index < -0.39 is 16.9 Å². The minimum Gasteiger partial charge on any atom is -0.436 e. The molecule has 0 aliphatic heterocycles. The predicted molar refractivity (Wildman–Crippen MR) is 89.7 cm³/mol. The van der Waals surface area contributed by atoms with Gasteiger partial charge in [-0.05, 0) is 45.6 Å². The van der Waals surface area contributed by atoms with E-state index in [1.165, 1.54) is 0 Å². The zero-order valence-corrected chi connectivity index (χ0v) is 20.0. The molecule has 0 saturated carbocycles. The first-order valence-corrected chi connectivity index (χ1v) is 12.4. The fourth-order valence-electron chi connectivity index (χ4n) is 0.749. The van der Waals surface area contributed by atoms with Gasteiger partial charge in [0.1, 0.15) is 0 Å². The van der Waals surface area contributed by atoms with Gasteiger partial charge in [0.05, 0.1) is 0 Å². The number of rotatable bonds is 4. The Morgan fingerprint density at radius 3 is 0.955 bits per heavy atom. The Hall–Kier alpha value is 1.45. The van der Waals surface area contributed by atoms with Crippen molar-refractivity contribution < 1.29 is 75.8 Å². The fourth-order valence-corrected chi connectivity index (χ4v) is 6.74. The molecule has 0 unspecified atom stereocenters. The van der Waals surface area contributed by atoms with Crippen LogP contribution in [0.3, 0.4) is 0 Å². The van der Waals surface area contributed by atoms with Crippen LogP contribution in [-0.2, 0) is 44.4 Å². The van der Waals surface area contributed by atoms with Crippen molar-refractivity contribution in [3.63, 3.8) is 0 Å². The Balaban J connectivity index is -0.0000000221. The first-order valence-electron chi connectivity index (χ1n) is 6.18. The molecule has 11 heteroatoms. The normalized spacial score (nSPS) is 8.45. The molecule has 7 nitrogen and oxygen atoms in total. The van der Waals surface area contributed by atoms with Crippen molar-refractivity contribution in [2.45, 2.75) is 59.4 Å². The summed E-state index contributed by atoms with van der Waals surface area (Å²) in [4.78, 5) is 9.30. The third kappa shape index (κ3) is 100. The maximum atomic E-state index is 9.30. The molecular weight excluding hydrogens is 399 g/mol. The van der Waals surface area contributed by atoms with Gasteiger partial charge >= 0.3 is 8.56 Å². The van der Waals surface area contributed by atoms with E-state index in [4.69, 9.17) is 14.3 Å². The van der Waals surface area contributed by atoms with Crippen LogP contribution in [0.5, 0.6) is 0 Å². The van der Waals surface area contributed by atoms with Gasteiger partial charge in [-0.25, -0.2) is 0 Å². The molecule has 0 fully saturated rings. The number of hydrogen-bond acceptors (Lipinski definition) is 4. The molecule has 0 aliphatic rings. The van der Waals surface area contributed by atoms with Crippen molar-refractivity contribution in [2.24, 2.45) is 0 Å². The van der Waals surface area contributed by atoms with Crippen LogP contribution in [-0.4, -0.2) is 61.5 Å². The van der Waals surface area contributed by atoms with E-state index >= 15 is 0 Å². The van der Waals surface area contributed by atoms with Crippen molar-refractivity contribution in [1.82, 2.24) is 0 Å². The summed E-state index contributed by atoms with van der Waals surface area (Å²) in [6.07, 6.45) is 1.75. The fraction of sp³-hybridized carbons (Fsp3) is 1.00. The molecule has 141 valence electrons. The summed E-state index contributed by atoms with van der Waals surface area (Å²) in [6.45, 7) is 14.3. The van der Waals surface area contributed by atoms with E-state index in [1.807, 2.05) is 13.8 Å². The summed E-state index contributed by atoms with van der Waals surface area (Å²) in [5.74, 6) is 0. The van der Waals surface area contributed by atoms with Crippen LogP contribution < -0.4 is 0 Å². The van der Waals surface area contributed by atoms with Gasteiger partial charge in [0, 0.05) is 53.5 Å². The second-order valence-corrected chi connectivity index (χ2v) is 13.0. The molecule has 0 aromatic heterocycles. The van der Waals surface area contributed by atoms with Gasteiger partial charge in [0.25, 0.3) is 0 Å². The number of aliphatic hydroxyl groups is 2. The Morgan fingerprint density at radius 2 is 0.955 bits per heavy atom. The van der Waals surface area contributed by atoms with Gasteiger partial charge in [0.2, 0.25) is 0 Å². The Bertz CT molecular complexity index is 138. The maximum absolute atomic E-state index is 9.30. The monoisotopic (exact) mass is 437 g/mol. The minimum atomic E-state index is -2.23. The van der Waals surface area contributed by atoms with Gasteiger partial charge in [-0.3, -0.25) is 0 Å². The van der Waals surface area contributed by atoms with E-state index in [0.717, 1.165) is 12.8 Å². The second-order valence-electron chi connectivity index (χ2n) is 5.11.